The third-order valence-corrected chi connectivity index (χ3v) is 3.06. The average molecular weight is 241 g/mol. The van der Waals surface area contributed by atoms with Gasteiger partial charge in [0, 0.05) is 11.6 Å². The minimum Gasteiger partial charge on any atom is -0.494 e. The van der Waals surface area contributed by atoms with Crippen LogP contribution in [0.25, 0.3) is 10.9 Å². The number of pyridine rings is 1. The molecule has 6 heteroatoms. The van der Waals surface area contributed by atoms with Gasteiger partial charge >= 0.3 is 10.2 Å². The first-order valence-corrected chi connectivity index (χ1v) is 5.79. The maximum Gasteiger partial charge on any atom is 0.332 e. The van der Waals surface area contributed by atoms with Crippen molar-refractivity contribution in [3.63, 3.8) is 0 Å². The Morgan fingerprint density at radius 3 is 2.69 bits per heavy atom. The smallest absolute Gasteiger partial charge is 0.332 e. The van der Waals surface area contributed by atoms with Crippen LogP contribution in [0.5, 0.6) is 5.75 Å². The third-order valence-electron chi connectivity index (χ3n) is 2.18. The fourth-order valence-electron chi connectivity index (χ4n) is 1.50. The van der Waals surface area contributed by atoms with E-state index in [9.17, 15) is 12.3 Å². The Balaban J connectivity index is 2.91. The number of nitrogens with zero attached hydrogens (tertiary/aromatic N) is 1. The fourth-order valence-corrected chi connectivity index (χ4v) is 2.16. The summed E-state index contributed by atoms with van der Waals surface area (Å²) in [6.45, 7) is 0. The summed E-state index contributed by atoms with van der Waals surface area (Å²) in [5.74, 6) is 0.406. The lowest BCUT2D eigenvalue weighted by molar-refractivity contribution is 0.418. The zero-order valence-corrected chi connectivity index (χ0v) is 9.16. The van der Waals surface area contributed by atoms with Gasteiger partial charge in [-0.25, -0.2) is 0 Å². The second kappa shape index (κ2) is 3.71. The Hall–Kier alpha value is -1.69. The van der Waals surface area contributed by atoms with Crippen LogP contribution in [0.1, 0.15) is 0 Å². The highest BCUT2D eigenvalue weighted by molar-refractivity contribution is 7.86. The van der Waals surface area contributed by atoms with Crippen molar-refractivity contribution in [1.82, 2.24) is 4.98 Å². The Morgan fingerprint density at radius 1 is 1.31 bits per heavy atom. The number of methoxy groups -OCH3 is 1. The highest BCUT2D eigenvalue weighted by atomic mass is 32.3. The van der Waals surface area contributed by atoms with Gasteiger partial charge in [-0.05, 0) is 24.3 Å². The molecule has 1 aromatic carbocycles. The summed E-state index contributed by atoms with van der Waals surface area (Å²) in [4.78, 5) is 3.58. The SMILES string of the molecule is COc1ccc(S(=O)(=O)F)c2cccnc12. The van der Waals surface area contributed by atoms with Crippen LogP contribution in [0.2, 0.25) is 0 Å². The number of fused-ring (bicyclic) bond motifs is 1. The predicted molar refractivity (Wildman–Crippen MR) is 56.6 cm³/mol. The largest absolute Gasteiger partial charge is 0.494 e. The molecular formula is C10H8FNO3S. The molecular weight excluding hydrogens is 233 g/mol. The molecule has 1 heterocycles. The molecule has 0 aliphatic rings. The van der Waals surface area contributed by atoms with Crippen LogP contribution in [-0.4, -0.2) is 20.5 Å². The van der Waals surface area contributed by atoms with Crippen LogP contribution in [0.15, 0.2) is 35.4 Å². The van der Waals surface area contributed by atoms with Crippen molar-refractivity contribution in [1.29, 1.82) is 0 Å². The molecule has 0 bridgehead atoms. The Kier molecular flexibility index (Phi) is 2.51. The summed E-state index contributed by atoms with van der Waals surface area (Å²) in [6, 6.07) is 5.56. The lowest BCUT2D eigenvalue weighted by Gasteiger charge is -2.06. The van der Waals surface area contributed by atoms with Crippen LogP contribution in [0, 0.1) is 0 Å². The second-order valence-electron chi connectivity index (χ2n) is 3.10. The number of hydrogen-bond acceptors (Lipinski definition) is 4. The van der Waals surface area contributed by atoms with Crippen molar-refractivity contribution in [2.75, 3.05) is 7.11 Å². The first-order chi connectivity index (χ1) is 7.54. The van der Waals surface area contributed by atoms with Gasteiger partial charge in [-0.15, -0.1) is 3.89 Å². The van der Waals surface area contributed by atoms with Gasteiger partial charge < -0.3 is 4.74 Å². The lowest BCUT2D eigenvalue weighted by atomic mass is 10.2. The molecule has 84 valence electrons. The molecule has 2 aromatic rings. The first-order valence-electron chi connectivity index (χ1n) is 4.40. The molecule has 4 nitrogen and oxygen atoms in total. The number of ether oxygens (including phenoxy) is 1. The van der Waals surface area contributed by atoms with E-state index in [1.54, 1.807) is 0 Å². The third kappa shape index (κ3) is 1.71. The molecule has 0 radical (unpaired) electrons. The summed E-state index contributed by atoms with van der Waals surface area (Å²) >= 11 is 0. The van der Waals surface area contributed by atoms with Crippen molar-refractivity contribution in [2.45, 2.75) is 4.90 Å². The first kappa shape index (κ1) is 10.8. The van der Waals surface area contributed by atoms with Crippen LogP contribution >= 0.6 is 0 Å². The van der Waals surface area contributed by atoms with E-state index in [2.05, 4.69) is 4.98 Å². The van der Waals surface area contributed by atoms with Gasteiger partial charge in [0.05, 0.1) is 7.11 Å². The van der Waals surface area contributed by atoms with Crippen LogP contribution < -0.4 is 4.74 Å². The molecule has 0 unspecified atom stereocenters. The van der Waals surface area contributed by atoms with E-state index in [4.69, 9.17) is 4.74 Å². The summed E-state index contributed by atoms with van der Waals surface area (Å²) < 4.78 is 39.8. The van der Waals surface area contributed by atoms with E-state index in [0.717, 1.165) is 6.07 Å². The molecule has 0 spiro atoms. The fraction of sp³-hybridized carbons (Fsp3) is 0.100. The minimum atomic E-state index is -4.75. The molecule has 1 aromatic heterocycles. The highest BCUT2D eigenvalue weighted by Crippen LogP contribution is 2.29. The molecule has 0 saturated carbocycles. The molecule has 2 rings (SSSR count). The minimum absolute atomic E-state index is 0.212. The van der Waals surface area contributed by atoms with Gasteiger partial charge in [0.1, 0.15) is 16.2 Å². The summed E-state index contributed by atoms with van der Waals surface area (Å²) in [5, 5.41) is 0.212. The maximum atomic E-state index is 13.0. The van der Waals surface area contributed by atoms with Crippen molar-refractivity contribution in [3.8, 4) is 5.75 Å². The summed E-state index contributed by atoms with van der Waals surface area (Å²) in [5.41, 5.74) is 0.323. The monoisotopic (exact) mass is 241 g/mol. The van der Waals surface area contributed by atoms with Crippen molar-refractivity contribution < 1.29 is 17.0 Å². The van der Waals surface area contributed by atoms with Crippen LogP contribution in [0.4, 0.5) is 3.89 Å². The number of benzene rings is 1. The van der Waals surface area contributed by atoms with Gasteiger partial charge in [-0.3, -0.25) is 4.98 Å². The number of aromatic nitrogens is 1. The van der Waals surface area contributed by atoms with E-state index in [1.165, 1.54) is 31.5 Å². The lowest BCUT2D eigenvalue weighted by Crippen LogP contribution is -1.96. The second-order valence-corrected chi connectivity index (χ2v) is 4.42. The predicted octanol–water partition coefficient (Wildman–Crippen LogP) is 1.90. The van der Waals surface area contributed by atoms with E-state index in [-0.39, 0.29) is 5.39 Å². The van der Waals surface area contributed by atoms with E-state index < -0.39 is 15.1 Å². The van der Waals surface area contributed by atoms with Crippen molar-refractivity contribution in [3.05, 3.63) is 30.5 Å². The van der Waals surface area contributed by atoms with Gasteiger partial charge in [-0.2, -0.15) is 8.42 Å². The number of halogens is 1. The maximum absolute atomic E-state index is 13.0. The molecule has 0 amide bonds. The molecule has 16 heavy (non-hydrogen) atoms. The van der Waals surface area contributed by atoms with E-state index in [1.807, 2.05) is 0 Å². The van der Waals surface area contributed by atoms with Crippen molar-refractivity contribution in [2.24, 2.45) is 0 Å². The normalized spacial score (nSPS) is 11.6. The van der Waals surface area contributed by atoms with Gasteiger partial charge in [0.15, 0.2) is 0 Å². The molecule has 0 saturated heterocycles. The van der Waals surface area contributed by atoms with Crippen molar-refractivity contribution >= 4 is 21.1 Å². The topological polar surface area (TPSA) is 56.3 Å². The number of rotatable bonds is 2. The Labute approximate surface area is 91.9 Å². The van der Waals surface area contributed by atoms with Crippen LogP contribution in [-0.2, 0) is 10.2 Å². The molecule has 0 aliphatic heterocycles. The summed E-state index contributed by atoms with van der Waals surface area (Å²) in [6.07, 6.45) is 1.49. The van der Waals surface area contributed by atoms with E-state index in [0.29, 0.717) is 11.3 Å². The molecule has 0 fully saturated rings. The Morgan fingerprint density at radius 2 is 2.06 bits per heavy atom. The highest BCUT2D eigenvalue weighted by Gasteiger charge is 2.18. The number of hydrogen-bond donors (Lipinski definition) is 0. The molecule has 0 atom stereocenters. The standard InChI is InChI=1S/C10H8FNO3S/c1-15-8-4-5-9(16(11,13)14)7-3-2-6-12-10(7)8/h2-6H,1H3. The Bertz CT molecular complexity index is 640. The van der Waals surface area contributed by atoms with Gasteiger partial charge in [0.2, 0.25) is 0 Å². The molecule has 0 aliphatic carbocycles. The average Bonchev–Trinajstić information content (AvgIpc) is 2.26. The van der Waals surface area contributed by atoms with Gasteiger partial charge in [-0.1, -0.05) is 0 Å². The quantitative estimate of drug-likeness (QED) is 0.753. The summed E-state index contributed by atoms with van der Waals surface area (Å²) in [7, 11) is -3.31. The molecule has 0 N–H and O–H groups in total. The zero-order chi connectivity index (χ0) is 11.8. The van der Waals surface area contributed by atoms with E-state index >= 15 is 0 Å². The zero-order valence-electron chi connectivity index (χ0n) is 8.34. The van der Waals surface area contributed by atoms with Gasteiger partial charge in [0.25, 0.3) is 0 Å². The van der Waals surface area contributed by atoms with Crippen LogP contribution in [0.3, 0.4) is 0 Å².